The summed E-state index contributed by atoms with van der Waals surface area (Å²) in [5.41, 5.74) is 0. The lowest BCUT2D eigenvalue weighted by molar-refractivity contribution is -0.132. The highest BCUT2D eigenvalue weighted by Gasteiger charge is 2.20. The van der Waals surface area contributed by atoms with E-state index in [9.17, 15) is 4.79 Å². The second-order valence-electron chi connectivity index (χ2n) is 6.13. The number of nitrogens with zero attached hydrogens (tertiary/aromatic N) is 2. The topological polar surface area (TPSA) is 23.6 Å². The minimum Gasteiger partial charge on any atom is -0.340 e. The van der Waals surface area contributed by atoms with Gasteiger partial charge in [0, 0.05) is 54.8 Å². The van der Waals surface area contributed by atoms with Crippen molar-refractivity contribution in [2.75, 3.05) is 38.5 Å². The van der Waals surface area contributed by atoms with E-state index in [1.807, 2.05) is 29.2 Å². The Morgan fingerprint density at radius 3 is 2.41 bits per heavy atom. The molecule has 122 valence electrons. The summed E-state index contributed by atoms with van der Waals surface area (Å²) in [6.07, 6.45) is 0.609. The van der Waals surface area contributed by atoms with E-state index < -0.39 is 0 Å². The number of halogens is 1. The summed E-state index contributed by atoms with van der Waals surface area (Å²) in [4.78, 5) is 17.9. The normalized spacial score (nSPS) is 16.3. The van der Waals surface area contributed by atoms with Crippen LogP contribution in [0.25, 0.3) is 0 Å². The molecule has 1 heterocycles. The number of thioether (sulfide) groups is 1. The third-order valence-corrected chi connectivity index (χ3v) is 5.01. The first-order chi connectivity index (χ1) is 10.5. The minimum atomic E-state index is 0.283. The monoisotopic (exact) mass is 340 g/mol. The Hall–Kier alpha value is -0.710. The van der Waals surface area contributed by atoms with Crippen LogP contribution in [0, 0.1) is 5.92 Å². The van der Waals surface area contributed by atoms with Gasteiger partial charge in [-0.05, 0) is 30.2 Å². The van der Waals surface area contributed by atoms with E-state index in [1.165, 1.54) is 4.90 Å². The van der Waals surface area contributed by atoms with Gasteiger partial charge in [-0.25, -0.2) is 0 Å². The number of amides is 1. The van der Waals surface area contributed by atoms with Gasteiger partial charge in [0.05, 0.1) is 0 Å². The van der Waals surface area contributed by atoms with E-state index in [4.69, 9.17) is 11.6 Å². The van der Waals surface area contributed by atoms with Crippen LogP contribution in [-0.2, 0) is 4.79 Å². The smallest absolute Gasteiger partial charge is 0.223 e. The van der Waals surface area contributed by atoms with Crippen molar-refractivity contribution < 1.29 is 4.79 Å². The highest BCUT2D eigenvalue weighted by Crippen LogP contribution is 2.21. The van der Waals surface area contributed by atoms with Crippen LogP contribution >= 0.6 is 23.4 Å². The number of piperazine rings is 1. The fourth-order valence-electron chi connectivity index (χ4n) is 2.64. The summed E-state index contributed by atoms with van der Waals surface area (Å²) in [6.45, 7) is 9.38. The summed E-state index contributed by atoms with van der Waals surface area (Å²) < 4.78 is 0. The molecular weight excluding hydrogens is 316 g/mol. The molecule has 5 heteroatoms. The second-order valence-corrected chi connectivity index (χ2v) is 7.73. The fourth-order valence-corrected chi connectivity index (χ4v) is 3.61. The predicted octanol–water partition coefficient (Wildman–Crippen LogP) is 3.62. The van der Waals surface area contributed by atoms with Crippen LogP contribution in [0.4, 0.5) is 0 Å². The summed E-state index contributed by atoms with van der Waals surface area (Å²) in [5, 5.41) is 0.750. The van der Waals surface area contributed by atoms with Crippen LogP contribution in [0.2, 0.25) is 5.02 Å². The van der Waals surface area contributed by atoms with E-state index in [0.29, 0.717) is 12.3 Å². The average Bonchev–Trinajstić information content (AvgIpc) is 2.49. The van der Waals surface area contributed by atoms with Crippen molar-refractivity contribution in [3.63, 3.8) is 0 Å². The van der Waals surface area contributed by atoms with Crippen molar-refractivity contribution in [1.29, 1.82) is 0 Å². The van der Waals surface area contributed by atoms with E-state index in [-0.39, 0.29) is 5.91 Å². The summed E-state index contributed by atoms with van der Waals surface area (Å²) in [6, 6.07) is 7.78. The van der Waals surface area contributed by atoms with Gasteiger partial charge in [-0.15, -0.1) is 11.8 Å². The highest BCUT2D eigenvalue weighted by molar-refractivity contribution is 7.99. The van der Waals surface area contributed by atoms with Gasteiger partial charge in [0.1, 0.15) is 0 Å². The Kier molecular flexibility index (Phi) is 7.06. The fraction of sp³-hybridized carbons (Fsp3) is 0.588. The number of rotatable bonds is 6. The molecule has 1 saturated heterocycles. The van der Waals surface area contributed by atoms with Gasteiger partial charge < -0.3 is 4.90 Å². The molecule has 1 aliphatic rings. The standard InChI is InChI=1S/C17H25ClN2OS/c1-14(2)13-19-8-10-20(11-9-19)17(21)7-12-22-16-5-3-15(18)4-6-16/h3-6,14H,7-13H2,1-2H3. The number of carbonyl (C=O) groups is 1. The minimum absolute atomic E-state index is 0.283. The SMILES string of the molecule is CC(C)CN1CCN(C(=O)CCSc2ccc(Cl)cc2)CC1. The second kappa shape index (κ2) is 8.80. The molecule has 0 bridgehead atoms. The molecule has 0 spiro atoms. The zero-order chi connectivity index (χ0) is 15.9. The summed E-state index contributed by atoms with van der Waals surface area (Å²) >= 11 is 7.58. The van der Waals surface area contributed by atoms with E-state index in [0.717, 1.165) is 43.5 Å². The van der Waals surface area contributed by atoms with Crippen LogP contribution < -0.4 is 0 Å². The van der Waals surface area contributed by atoms with E-state index >= 15 is 0 Å². The van der Waals surface area contributed by atoms with Gasteiger partial charge in [0.25, 0.3) is 0 Å². The molecule has 1 amide bonds. The average molecular weight is 341 g/mol. The van der Waals surface area contributed by atoms with Crippen molar-refractivity contribution >= 4 is 29.3 Å². The van der Waals surface area contributed by atoms with E-state index in [1.54, 1.807) is 11.8 Å². The highest BCUT2D eigenvalue weighted by atomic mass is 35.5. The first kappa shape index (κ1) is 17.6. The Bertz CT molecular complexity index is 470. The number of hydrogen-bond donors (Lipinski definition) is 0. The van der Waals surface area contributed by atoms with Gasteiger partial charge in [-0.3, -0.25) is 9.69 Å². The molecule has 0 unspecified atom stereocenters. The zero-order valence-corrected chi connectivity index (χ0v) is 15.0. The molecule has 0 atom stereocenters. The molecule has 1 fully saturated rings. The van der Waals surface area contributed by atoms with Gasteiger partial charge in [0.2, 0.25) is 5.91 Å². The predicted molar refractivity (Wildman–Crippen MR) is 94.7 cm³/mol. The molecule has 3 nitrogen and oxygen atoms in total. The van der Waals surface area contributed by atoms with Crippen molar-refractivity contribution in [3.05, 3.63) is 29.3 Å². The van der Waals surface area contributed by atoms with Crippen molar-refractivity contribution in [1.82, 2.24) is 9.80 Å². The van der Waals surface area contributed by atoms with Crippen LogP contribution in [0.3, 0.4) is 0 Å². The number of carbonyl (C=O) groups excluding carboxylic acids is 1. The Morgan fingerprint density at radius 1 is 1.18 bits per heavy atom. The van der Waals surface area contributed by atoms with Gasteiger partial charge in [0.15, 0.2) is 0 Å². The van der Waals surface area contributed by atoms with Crippen LogP contribution in [0.1, 0.15) is 20.3 Å². The maximum absolute atomic E-state index is 12.2. The Labute approximate surface area is 143 Å². The zero-order valence-electron chi connectivity index (χ0n) is 13.4. The van der Waals surface area contributed by atoms with Gasteiger partial charge >= 0.3 is 0 Å². The summed E-state index contributed by atoms with van der Waals surface area (Å²) in [5.74, 6) is 1.80. The van der Waals surface area contributed by atoms with Gasteiger partial charge in [-0.2, -0.15) is 0 Å². The molecule has 0 radical (unpaired) electrons. The van der Waals surface area contributed by atoms with E-state index in [2.05, 4.69) is 18.7 Å². The Balaban J connectivity index is 1.67. The van der Waals surface area contributed by atoms with Crippen molar-refractivity contribution in [2.45, 2.75) is 25.2 Å². The quantitative estimate of drug-likeness (QED) is 0.739. The molecule has 0 aliphatic carbocycles. The maximum atomic E-state index is 12.2. The van der Waals surface area contributed by atoms with Crippen LogP contribution in [-0.4, -0.2) is 54.2 Å². The largest absolute Gasteiger partial charge is 0.340 e. The molecule has 0 N–H and O–H groups in total. The molecular formula is C17H25ClN2OS. The van der Waals surface area contributed by atoms with Crippen molar-refractivity contribution in [2.24, 2.45) is 5.92 Å². The molecule has 1 aromatic carbocycles. The third kappa shape index (κ3) is 5.82. The third-order valence-electron chi connectivity index (χ3n) is 3.75. The lowest BCUT2D eigenvalue weighted by atomic mass is 10.2. The lowest BCUT2D eigenvalue weighted by Crippen LogP contribution is -2.49. The molecule has 1 aliphatic heterocycles. The van der Waals surface area contributed by atoms with Crippen LogP contribution in [0.5, 0.6) is 0 Å². The Morgan fingerprint density at radius 2 is 1.82 bits per heavy atom. The lowest BCUT2D eigenvalue weighted by Gasteiger charge is -2.35. The number of benzene rings is 1. The molecule has 2 rings (SSSR count). The maximum Gasteiger partial charge on any atom is 0.223 e. The van der Waals surface area contributed by atoms with Crippen molar-refractivity contribution in [3.8, 4) is 0 Å². The molecule has 22 heavy (non-hydrogen) atoms. The molecule has 1 aromatic rings. The number of hydrogen-bond acceptors (Lipinski definition) is 3. The first-order valence-electron chi connectivity index (χ1n) is 7.93. The molecule has 0 aromatic heterocycles. The summed E-state index contributed by atoms with van der Waals surface area (Å²) in [7, 11) is 0. The van der Waals surface area contributed by atoms with Crippen LogP contribution in [0.15, 0.2) is 29.2 Å². The first-order valence-corrected chi connectivity index (χ1v) is 9.29. The molecule has 0 saturated carbocycles. The van der Waals surface area contributed by atoms with Gasteiger partial charge in [-0.1, -0.05) is 25.4 Å².